The highest BCUT2D eigenvalue weighted by Gasteiger charge is 1.69. The third-order valence-electron chi connectivity index (χ3n) is 0.925. The second kappa shape index (κ2) is 6.48. The summed E-state index contributed by atoms with van der Waals surface area (Å²) in [5.41, 5.74) is 0. The maximum absolute atomic E-state index is 3.61. The molecule has 0 aromatic heterocycles. The Morgan fingerprint density at radius 3 is 2.62 bits per heavy atom. The van der Waals surface area contributed by atoms with Crippen molar-refractivity contribution in [2.45, 2.75) is 26.2 Å². The number of hydrogen-bond acceptors (Lipinski definition) is 0. The fourth-order valence-electron chi connectivity index (χ4n) is 0.477. The zero-order valence-corrected chi connectivity index (χ0v) is 5.56. The van der Waals surface area contributed by atoms with Crippen LogP contribution in [0.3, 0.4) is 0 Å². The van der Waals surface area contributed by atoms with E-state index in [9.17, 15) is 0 Å². The average Bonchev–Trinajstić information content (AvgIpc) is 1.81. The summed E-state index contributed by atoms with van der Waals surface area (Å²) in [6.45, 7) is 5.79. The van der Waals surface area contributed by atoms with Crippen LogP contribution in [0.25, 0.3) is 0 Å². The Kier molecular flexibility index (Phi) is 6.06. The molecule has 0 fully saturated rings. The molecule has 8 heavy (non-hydrogen) atoms. The SMILES string of the molecule is C=CCC=CCCC. The normalized spacial score (nSPS) is 10.1. The van der Waals surface area contributed by atoms with E-state index in [2.05, 4.69) is 25.7 Å². The van der Waals surface area contributed by atoms with Crippen LogP contribution >= 0.6 is 0 Å². The highest BCUT2D eigenvalue weighted by molar-refractivity contribution is 4.87. The van der Waals surface area contributed by atoms with Crippen LogP contribution in [0.2, 0.25) is 0 Å². The van der Waals surface area contributed by atoms with Gasteiger partial charge in [0.2, 0.25) is 0 Å². The molecule has 0 unspecified atom stereocenters. The third kappa shape index (κ3) is 5.48. The molecule has 0 saturated carbocycles. The van der Waals surface area contributed by atoms with Crippen LogP contribution < -0.4 is 0 Å². The van der Waals surface area contributed by atoms with Crippen molar-refractivity contribution in [3.8, 4) is 0 Å². The molecule has 0 aromatic rings. The zero-order valence-electron chi connectivity index (χ0n) is 5.56. The first-order valence-electron chi connectivity index (χ1n) is 3.17. The Morgan fingerprint density at radius 1 is 1.38 bits per heavy atom. The highest BCUT2D eigenvalue weighted by atomic mass is 13.8. The molecule has 0 spiro atoms. The first kappa shape index (κ1) is 7.48. The van der Waals surface area contributed by atoms with Gasteiger partial charge >= 0.3 is 0 Å². The van der Waals surface area contributed by atoms with E-state index < -0.39 is 0 Å². The van der Waals surface area contributed by atoms with E-state index in [1.54, 1.807) is 0 Å². The maximum Gasteiger partial charge on any atom is -0.0172 e. The van der Waals surface area contributed by atoms with E-state index in [4.69, 9.17) is 0 Å². The van der Waals surface area contributed by atoms with Crippen molar-refractivity contribution >= 4 is 0 Å². The van der Waals surface area contributed by atoms with Crippen molar-refractivity contribution in [1.29, 1.82) is 0 Å². The molecule has 0 N–H and O–H groups in total. The van der Waals surface area contributed by atoms with Gasteiger partial charge in [-0.1, -0.05) is 31.6 Å². The Hall–Kier alpha value is -0.520. The fraction of sp³-hybridized carbons (Fsp3) is 0.500. The minimum atomic E-state index is 1.01. The fourth-order valence-corrected chi connectivity index (χ4v) is 0.477. The Balaban J connectivity index is 2.94. The second-order valence-electron chi connectivity index (χ2n) is 1.78. The van der Waals surface area contributed by atoms with Crippen LogP contribution in [0.4, 0.5) is 0 Å². The van der Waals surface area contributed by atoms with Crippen molar-refractivity contribution in [3.63, 3.8) is 0 Å². The second-order valence-corrected chi connectivity index (χ2v) is 1.78. The number of hydrogen-bond donors (Lipinski definition) is 0. The van der Waals surface area contributed by atoms with E-state index >= 15 is 0 Å². The van der Waals surface area contributed by atoms with Gasteiger partial charge < -0.3 is 0 Å². The molecule has 0 aliphatic carbocycles. The molecule has 46 valence electrons. The standard InChI is InChI=1S/C8H14/c1-3-5-7-8-6-4-2/h3,7-8H,1,4-6H2,2H3. The van der Waals surface area contributed by atoms with Crippen molar-refractivity contribution in [2.75, 3.05) is 0 Å². The van der Waals surface area contributed by atoms with Crippen LogP contribution in [-0.4, -0.2) is 0 Å². The molecule has 0 heterocycles. The third-order valence-corrected chi connectivity index (χ3v) is 0.925. The van der Waals surface area contributed by atoms with Crippen molar-refractivity contribution in [1.82, 2.24) is 0 Å². The molecule has 0 nitrogen and oxygen atoms in total. The number of unbranched alkanes of at least 4 members (excludes halogenated alkanes) is 1. The van der Waals surface area contributed by atoms with E-state index in [-0.39, 0.29) is 0 Å². The quantitative estimate of drug-likeness (QED) is 0.488. The van der Waals surface area contributed by atoms with Gasteiger partial charge in [0.1, 0.15) is 0 Å². The molecule has 0 amide bonds. The van der Waals surface area contributed by atoms with Crippen LogP contribution in [0.1, 0.15) is 26.2 Å². The van der Waals surface area contributed by atoms with Gasteiger partial charge in [0, 0.05) is 0 Å². The summed E-state index contributed by atoms with van der Waals surface area (Å²) >= 11 is 0. The molecule has 0 aliphatic rings. The summed E-state index contributed by atoms with van der Waals surface area (Å²) in [5.74, 6) is 0. The summed E-state index contributed by atoms with van der Waals surface area (Å²) in [5, 5.41) is 0. The van der Waals surface area contributed by atoms with E-state index in [1.165, 1.54) is 12.8 Å². The predicted molar refractivity (Wildman–Crippen MR) is 38.9 cm³/mol. The molecule has 0 heteroatoms. The largest absolute Gasteiger partial charge is 0.103 e. The number of allylic oxidation sites excluding steroid dienone is 3. The van der Waals surface area contributed by atoms with Crippen molar-refractivity contribution < 1.29 is 0 Å². The van der Waals surface area contributed by atoms with Crippen LogP contribution in [-0.2, 0) is 0 Å². The molecule has 0 atom stereocenters. The Labute approximate surface area is 51.9 Å². The lowest BCUT2D eigenvalue weighted by Gasteiger charge is -1.80. The van der Waals surface area contributed by atoms with Gasteiger partial charge in [0.15, 0.2) is 0 Å². The molecule has 0 radical (unpaired) electrons. The molecule has 0 bridgehead atoms. The van der Waals surface area contributed by atoms with Crippen molar-refractivity contribution in [2.24, 2.45) is 0 Å². The Morgan fingerprint density at radius 2 is 2.12 bits per heavy atom. The summed E-state index contributed by atoms with van der Waals surface area (Å²) in [6.07, 6.45) is 9.71. The minimum Gasteiger partial charge on any atom is -0.103 e. The predicted octanol–water partition coefficient (Wildman–Crippen LogP) is 2.92. The molecule has 0 aliphatic heterocycles. The lowest BCUT2D eigenvalue weighted by atomic mass is 10.3. The van der Waals surface area contributed by atoms with Gasteiger partial charge in [-0.3, -0.25) is 0 Å². The smallest absolute Gasteiger partial charge is 0.0172 e. The van der Waals surface area contributed by atoms with E-state index in [0.717, 1.165) is 6.42 Å². The zero-order chi connectivity index (χ0) is 6.24. The topological polar surface area (TPSA) is 0 Å². The molecular formula is C8H14. The molecular weight excluding hydrogens is 96.1 g/mol. The van der Waals surface area contributed by atoms with Crippen molar-refractivity contribution in [3.05, 3.63) is 24.8 Å². The van der Waals surface area contributed by atoms with Gasteiger partial charge in [-0.25, -0.2) is 0 Å². The van der Waals surface area contributed by atoms with Gasteiger partial charge in [0.05, 0.1) is 0 Å². The van der Waals surface area contributed by atoms with Gasteiger partial charge in [-0.15, -0.1) is 6.58 Å². The lowest BCUT2D eigenvalue weighted by Crippen LogP contribution is -1.60. The van der Waals surface area contributed by atoms with Gasteiger partial charge in [0.25, 0.3) is 0 Å². The van der Waals surface area contributed by atoms with Crippen LogP contribution in [0.5, 0.6) is 0 Å². The summed E-state index contributed by atoms with van der Waals surface area (Å²) in [7, 11) is 0. The summed E-state index contributed by atoms with van der Waals surface area (Å²) < 4.78 is 0. The lowest BCUT2D eigenvalue weighted by molar-refractivity contribution is 0.955. The average molecular weight is 110 g/mol. The number of rotatable bonds is 4. The summed E-state index contributed by atoms with van der Waals surface area (Å²) in [6, 6.07) is 0. The highest BCUT2D eigenvalue weighted by Crippen LogP contribution is 1.90. The Bertz CT molecular complexity index is 70.1. The molecule has 0 saturated heterocycles. The minimum absolute atomic E-state index is 1.01. The van der Waals surface area contributed by atoms with E-state index in [1.807, 2.05) is 6.08 Å². The summed E-state index contributed by atoms with van der Waals surface area (Å²) in [4.78, 5) is 0. The first-order valence-corrected chi connectivity index (χ1v) is 3.17. The molecule has 0 aromatic carbocycles. The maximum atomic E-state index is 3.61. The first-order chi connectivity index (χ1) is 3.91. The monoisotopic (exact) mass is 110 g/mol. The van der Waals surface area contributed by atoms with Gasteiger partial charge in [-0.05, 0) is 12.8 Å². The molecule has 0 rings (SSSR count). The van der Waals surface area contributed by atoms with Gasteiger partial charge in [-0.2, -0.15) is 0 Å². The van der Waals surface area contributed by atoms with Crippen LogP contribution in [0, 0.1) is 0 Å². The van der Waals surface area contributed by atoms with Crippen LogP contribution in [0.15, 0.2) is 24.8 Å². The van der Waals surface area contributed by atoms with E-state index in [0.29, 0.717) is 0 Å².